The fourth-order valence-electron chi connectivity index (χ4n) is 9.71. The van der Waals surface area contributed by atoms with Crippen LogP contribution >= 0.6 is 0 Å². The minimum atomic E-state index is -0.758. The maximum atomic E-state index is 12.7. The van der Waals surface area contributed by atoms with Crippen molar-refractivity contribution in [3.8, 4) is 23.0 Å². The van der Waals surface area contributed by atoms with E-state index in [1.165, 1.54) is 24.3 Å². The molecule has 0 aliphatic heterocycles. The molecule has 6 aromatic carbocycles. The quantitative estimate of drug-likeness (QED) is 0.0549. The lowest BCUT2D eigenvalue weighted by molar-refractivity contribution is -0.385. The van der Waals surface area contributed by atoms with Crippen molar-refractivity contribution in [1.82, 2.24) is 0 Å². The Morgan fingerprint density at radius 3 is 0.879 bits per heavy atom. The van der Waals surface area contributed by atoms with E-state index in [1.807, 2.05) is 48.5 Å². The number of rotatable bonds is 16. The first-order chi connectivity index (χ1) is 31.8. The number of non-ortho nitro benzene ring substituents is 2. The summed E-state index contributed by atoms with van der Waals surface area (Å²) in [4.78, 5) is 22.9. The highest BCUT2D eigenvalue weighted by Crippen LogP contribution is 2.49. The number of nitro groups is 2. The Morgan fingerprint density at radius 1 is 0.424 bits per heavy atom. The number of nitro benzene ring substituents is 2. The number of fused-ring (bicyclic) bond motifs is 8. The minimum absolute atomic E-state index is 0.000802. The number of hydrogen-bond donors (Lipinski definition) is 4. The second-order valence-electron chi connectivity index (χ2n) is 18.1. The lowest BCUT2D eigenvalue weighted by Gasteiger charge is -2.27. The molecule has 0 unspecified atom stereocenters. The Morgan fingerprint density at radius 2 is 0.667 bits per heavy atom. The molecule has 1 aliphatic carbocycles. The lowest BCUT2D eigenvalue weighted by Crippen LogP contribution is -2.11. The van der Waals surface area contributed by atoms with Gasteiger partial charge in [-0.05, 0) is 107 Å². The van der Waals surface area contributed by atoms with Gasteiger partial charge >= 0.3 is 0 Å². The van der Waals surface area contributed by atoms with Gasteiger partial charge in [-0.15, -0.1) is 0 Å². The Balaban J connectivity index is 1.62. The van der Waals surface area contributed by atoms with Crippen LogP contribution < -0.4 is 0 Å². The van der Waals surface area contributed by atoms with Gasteiger partial charge in [-0.25, -0.2) is 0 Å². The summed E-state index contributed by atoms with van der Waals surface area (Å²) in [5, 5.41) is 74.7. The van der Waals surface area contributed by atoms with Gasteiger partial charge in [0, 0.05) is 71.2 Å². The fraction of sp³-hybridized carbons (Fsp3) is 0.357. The Kier molecular flexibility index (Phi) is 15.1. The van der Waals surface area contributed by atoms with E-state index in [4.69, 9.17) is 0 Å². The van der Waals surface area contributed by atoms with Crippen LogP contribution in [-0.4, -0.2) is 30.3 Å². The molecule has 10 nitrogen and oxygen atoms in total. The van der Waals surface area contributed by atoms with Crippen molar-refractivity contribution >= 4 is 11.4 Å². The average molecular weight is 891 g/mol. The van der Waals surface area contributed by atoms with Gasteiger partial charge < -0.3 is 20.4 Å². The highest BCUT2D eigenvalue weighted by molar-refractivity contribution is 5.64. The number of unbranched alkanes of at least 4 members (excludes halogenated alkanes) is 4. The van der Waals surface area contributed by atoms with Gasteiger partial charge in [-0.1, -0.05) is 126 Å². The number of phenols is 4. The molecule has 7 rings (SSSR count). The molecular weight excluding hydrogens is 829 g/mol. The molecule has 1 aliphatic rings. The summed E-state index contributed by atoms with van der Waals surface area (Å²) in [6, 6.07) is 28.5. The van der Waals surface area contributed by atoms with E-state index < -0.39 is 21.7 Å². The third kappa shape index (κ3) is 10.2. The van der Waals surface area contributed by atoms with Crippen molar-refractivity contribution in [2.24, 2.45) is 0 Å². The van der Waals surface area contributed by atoms with Crippen LogP contribution in [0, 0.1) is 20.2 Å². The Bertz CT molecular complexity index is 2390. The maximum Gasteiger partial charge on any atom is 0.269 e. The lowest BCUT2D eigenvalue weighted by atomic mass is 9.78. The summed E-state index contributed by atoms with van der Waals surface area (Å²) < 4.78 is 0. The third-order valence-electron chi connectivity index (χ3n) is 13.3. The molecule has 8 bridgehead atoms. The maximum absolute atomic E-state index is 12.7. The van der Waals surface area contributed by atoms with E-state index in [1.54, 1.807) is 24.3 Å². The van der Waals surface area contributed by atoms with Crippen LogP contribution in [0.3, 0.4) is 0 Å². The number of phenolic OH excluding ortho intramolecular Hbond substituents is 4. The molecule has 0 fully saturated rings. The van der Waals surface area contributed by atoms with Crippen LogP contribution in [0.5, 0.6) is 23.0 Å². The van der Waals surface area contributed by atoms with Crippen LogP contribution in [-0.2, 0) is 38.5 Å². The van der Waals surface area contributed by atoms with Crippen molar-refractivity contribution in [3.05, 3.63) is 195 Å². The van der Waals surface area contributed by atoms with E-state index in [9.17, 15) is 40.7 Å². The monoisotopic (exact) mass is 890 g/mol. The molecular formula is C56H62N2O8. The van der Waals surface area contributed by atoms with E-state index in [2.05, 4.69) is 27.7 Å². The van der Waals surface area contributed by atoms with Gasteiger partial charge in [-0.2, -0.15) is 0 Å². The molecule has 344 valence electrons. The Hall–Kier alpha value is -6.68. The Labute approximate surface area is 387 Å². The van der Waals surface area contributed by atoms with Crippen LogP contribution in [0.1, 0.15) is 169 Å². The van der Waals surface area contributed by atoms with Gasteiger partial charge in [0.15, 0.2) is 0 Å². The number of hydrogen-bond acceptors (Lipinski definition) is 8. The molecule has 66 heavy (non-hydrogen) atoms. The van der Waals surface area contributed by atoms with Gasteiger partial charge in [-0.3, -0.25) is 20.2 Å². The highest BCUT2D eigenvalue weighted by atomic mass is 16.6. The first kappa shape index (κ1) is 47.3. The summed E-state index contributed by atoms with van der Waals surface area (Å²) in [5.41, 5.74) is 9.46. The zero-order valence-corrected chi connectivity index (χ0v) is 38.6. The van der Waals surface area contributed by atoms with E-state index in [0.717, 1.165) is 73.6 Å². The van der Waals surface area contributed by atoms with Crippen molar-refractivity contribution in [3.63, 3.8) is 0 Å². The predicted molar refractivity (Wildman–Crippen MR) is 261 cm³/mol. The van der Waals surface area contributed by atoms with Crippen molar-refractivity contribution < 1.29 is 30.3 Å². The summed E-state index contributed by atoms with van der Waals surface area (Å²) >= 11 is 0. The number of nitrogens with zero attached hydrogens (tertiary/aromatic N) is 2. The van der Waals surface area contributed by atoms with Crippen LogP contribution in [0.4, 0.5) is 11.4 Å². The van der Waals surface area contributed by atoms with Crippen LogP contribution in [0.2, 0.25) is 0 Å². The molecule has 0 spiro atoms. The number of benzene rings is 6. The van der Waals surface area contributed by atoms with E-state index in [-0.39, 0.29) is 47.2 Å². The summed E-state index contributed by atoms with van der Waals surface area (Å²) in [6.45, 7) is 8.48. The van der Waals surface area contributed by atoms with Gasteiger partial charge in [0.1, 0.15) is 23.0 Å². The standard InChI is InChI=1S/C56H62N2O8/c1-5-9-13-35-25-41-33-42-26-36(14-10-6-2)31-49(54(42)60)52(40-19-23-46(24-20-40)58(65)66)50-32-38(16-12-8-4)28-44(56(50)62)34-43-27-37(15-11-7-3)30-48(55(43)61)51(47(29-35)53(41)59)39-17-21-45(22-18-39)57(63)64/h17-32,51-52,59-62H,5-16,33-34H2,1-4H3. The smallest absolute Gasteiger partial charge is 0.269 e. The van der Waals surface area contributed by atoms with Crippen molar-refractivity contribution in [2.75, 3.05) is 0 Å². The molecule has 0 heterocycles. The minimum Gasteiger partial charge on any atom is -0.507 e. The van der Waals surface area contributed by atoms with Crippen LogP contribution in [0.15, 0.2) is 97.1 Å². The molecule has 0 atom stereocenters. The normalized spacial score (nSPS) is 14.5. The van der Waals surface area contributed by atoms with E-state index in [0.29, 0.717) is 81.3 Å². The molecule has 0 radical (unpaired) electrons. The SMILES string of the molecule is CCCCc1cc2c(O)c(c1)C(c1ccc([N+](=O)[O-])cc1)c1cc(CCCC)cc(c1O)Cc1cc(CCCC)cc(c1O)C(c1ccc([N+](=O)[O-])cc1)c1cc(CCCC)cc(c1O)C2. The predicted octanol–water partition coefficient (Wildman–Crippen LogP) is 13.6. The molecule has 0 amide bonds. The molecule has 4 N–H and O–H groups in total. The van der Waals surface area contributed by atoms with Crippen molar-refractivity contribution in [2.45, 2.75) is 129 Å². The van der Waals surface area contributed by atoms with Crippen molar-refractivity contribution in [1.29, 1.82) is 0 Å². The van der Waals surface area contributed by atoms with E-state index >= 15 is 0 Å². The summed E-state index contributed by atoms with van der Waals surface area (Å²) in [7, 11) is 0. The molecule has 10 heteroatoms. The van der Waals surface area contributed by atoms with Crippen LogP contribution in [0.25, 0.3) is 0 Å². The summed E-state index contributed by atoms with van der Waals surface area (Å²) in [5.74, 6) is -1.51. The summed E-state index contributed by atoms with van der Waals surface area (Å²) in [6.07, 6.45) is 10.4. The average Bonchev–Trinajstić information content (AvgIpc) is 3.31. The number of aryl methyl sites for hydroxylation is 4. The molecule has 0 aromatic heterocycles. The molecule has 0 saturated heterocycles. The molecule has 6 aromatic rings. The third-order valence-corrected chi connectivity index (χ3v) is 13.3. The fourth-order valence-corrected chi connectivity index (χ4v) is 9.71. The van der Waals surface area contributed by atoms with Gasteiger partial charge in [0.2, 0.25) is 0 Å². The van der Waals surface area contributed by atoms with Gasteiger partial charge in [0.05, 0.1) is 9.85 Å². The molecule has 0 saturated carbocycles. The second kappa shape index (κ2) is 21.1. The zero-order valence-electron chi connectivity index (χ0n) is 38.6. The largest absolute Gasteiger partial charge is 0.507 e. The zero-order chi connectivity index (χ0) is 47.1. The second-order valence-corrected chi connectivity index (χ2v) is 18.1. The highest BCUT2D eigenvalue weighted by Gasteiger charge is 2.32. The topological polar surface area (TPSA) is 167 Å². The number of aromatic hydroxyl groups is 4. The first-order valence-corrected chi connectivity index (χ1v) is 23.7. The van der Waals surface area contributed by atoms with Gasteiger partial charge in [0.25, 0.3) is 11.4 Å². The first-order valence-electron chi connectivity index (χ1n) is 23.7.